The summed E-state index contributed by atoms with van der Waals surface area (Å²) in [6, 6.07) is 30.3. The number of amides is 3. The quantitative estimate of drug-likeness (QED) is 0.335. The lowest BCUT2D eigenvalue weighted by atomic mass is 10.0. The predicted molar refractivity (Wildman–Crippen MR) is 143 cm³/mol. The highest BCUT2D eigenvalue weighted by Gasteiger charge is 2.42. The van der Waals surface area contributed by atoms with Gasteiger partial charge in [-0.1, -0.05) is 84.1 Å². The van der Waals surface area contributed by atoms with E-state index < -0.39 is 23.8 Å². The molecule has 0 fully saturated rings. The maximum atomic E-state index is 13.8. The number of rotatable bonds is 7. The smallest absolute Gasteiger partial charge is 0.262 e. The molecule has 1 aromatic heterocycles. The van der Waals surface area contributed by atoms with Crippen molar-refractivity contribution in [2.45, 2.75) is 19.0 Å². The largest absolute Gasteiger partial charge is 0.322 e. The van der Waals surface area contributed by atoms with Crippen molar-refractivity contribution in [2.75, 3.05) is 5.32 Å². The monoisotopic (exact) mass is 501 g/mol. The molecule has 0 spiro atoms. The summed E-state index contributed by atoms with van der Waals surface area (Å²) >= 11 is 0. The Morgan fingerprint density at radius 3 is 2.00 bits per heavy atom. The molecule has 8 heteroatoms. The van der Waals surface area contributed by atoms with Crippen LogP contribution in [0.2, 0.25) is 0 Å². The minimum absolute atomic E-state index is 0.175. The van der Waals surface area contributed by atoms with Crippen LogP contribution in [0.25, 0.3) is 11.0 Å². The SMILES string of the molecule is O=C(Nc1cccc2c1nnn2Cc1ccccc1)C(Cc1ccccc1)N1C(=O)c2ccccc2C1=O. The zero-order chi connectivity index (χ0) is 26.1. The Morgan fingerprint density at radius 1 is 0.737 bits per heavy atom. The van der Waals surface area contributed by atoms with E-state index in [1.165, 1.54) is 0 Å². The Labute approximate surface area is 218 Å². The number of carbonyl (C=O) groups is 3. The number of anilines is 1. The molecule has 3 amide bonds. The second-order valence-electron chi connectivity index (χ2n) is 9.13. The molecule has 2 heterocycles. The summed E-state index contributed by atoms with van der Waals surface area (Å²) in [5, 5.41) is 11.5. The Bertz CT molecular complexity index is 1630. The molecule has 4 aromatic carbocycles. The molecule has 38 heavy (non-hydrogen) atoms. The molecule has 5 aromatic rings. The summed E-state index contributed by atoms with van der Waals surface area (Å²) in [5.41, 5.74) is 4.24. The number of fused-ring (bicyclic) bond motifs is 2. The molecule has 0 bridgehead atoms. The molecule has 1 atom stereocenters. The summed E-state index contributed by atoms with van der Waals surface area (Å²) in [4.78, 5) is 41.4. The number of hydrogen-bond donors (Lipinski definition) is 1. The van der Waals surface area contributed by atoms with Crippen LogP contribution in [0.3, 0.4) is 0 Å². The molecule has 0 saturated carbocycles. The van der Waals surface area contributed by atoms with Crippen molar-refractivity contribution in [2.24, 2.45) is 0 Å². The molecule has 0 radical (unpaired) electrons. The van der Waals surface area contributed by atoms with Crippen LogP contribution < -0.4 is 5.32 Å². The van der Waals surface area contributed by atoms with E-state index in [-0.39, 0.29) is 6.42 Å². The van der Waals surface area contributed by atoms with Crippen molar-refractivity contribution in [3.8, 4) is 0 Å². The lowest BCUT2D eigenvalue weighted by Crippen LogP contribution is -2.48. The summed E-state index contributed by atoms with van der Waals surface area (Å²) < 4.78 is 1.77. The van der Waals surface area contributed by atoms with Gasteiger partial charge in [-0.25, -0.2) is 4.68 Å². The van der Waals surface area contributed by atoms with Gasteiger partial charge in [0.15, 0.2) is 0 Å². The molecule has 186 valence electrons. The van der Waals surface area contributed by atoms with Gasteiger partial charge < -0.3 is 5.32 Å². The van der Waals surface area contributed by atoms with Crippen LogP contribution in [0.5, 0.6) is 0 Å². The van der Waals surface area contributed by atoms with Crippen LogP contribution in [-0.4, -0.2) is 43.7 Å². The molecule has 1 aliphatic heterocycles. The standard InChI is InChI=1S/C30H23N5O3/c36-28(31-24-16-9-17-25-27(24)32-33-34(25)19-21-12-5-2-6-13-21)26(18-20-10-3-1-4-11-20)35-29(37)22-14-7-8-15-23(22)30(35)38/h1-17,26H,18-19H2,(H,31,36). The van der Waals surface area contributed by atoms with Gasteiger partial charge in [-0.15, -0.1) is 5.10 Å². The highest BCUT2D eigenvalue weighted by atomic mass is 16.2. The van der Waals surface area contributed by atoms with Crippen molar-refractivity contribution >= 4 is 34.4 Å². The zero-order valence-corrected chi connectivity index (χ0v) is 20.3. The fourth-order valence-electron chi connectivity index (χ4n) is 4.81. The maximum Gasteiger partial charge on any atom is 0.262 e. The molecule has 0 saturated heterocycles. The van der Waals surface area contributed by atoms with E-state index in [0.717, 1.165) is 21.5 Å². The molecular weight excluding hydrogens is 478 g/mol. The first-order valence-electron chi connectivity index (χ1n) is 12.3. The molecule has 1 unspecified atom stereocenters. The van der Waals surface area contributed by atoms with Gasteiger partial charge in [-0.05, 0) is 35.4 Å². The Balaban J connectivity index is 1.32. The molecule has 8 nitrogen and oxygen atoms in total. The van der Waals surface area contributed by atoms with Gasteiger partial charge in [0.05, 0.1) is 28.9 Å². The number of nitrogens with zero attached hydrogens (tertiary/aromatic N) is 4. The Hall–Kier alpha value is -5.11. The maximum absolute atomic E-state index is 13.8. The average molecular weight is 502 g/mol. The normalized spacial score (nSPS) is 13.5. The summed E-state index contributed by atoms with van der Waals surface area (Å²) in [6.45, 7) is 0.528. The Kier molecular flexibility index (Phi) is 5.97. The average Bonchev–Trinajstić information content (AvgIpc) is 3.47. The lowest BCUT2D eigenvalue weighted by molar-refractivity contribution is -0.119. The van der Waals surface area contributed by atoms with Gasteiger partial charge >= 0.3 is 0 Å². The highest BCUT2D eigenvalue weighted by Crippen LogP contribution is 2.28. The fraction of sp³-hybridized carbons (Fsp3) is 0.100. The van der Waals surface area contributed by atoms with Crippen LogP contribution in [0.4, 0.5) is 5.69 Å². The van der Waals surface area contributed by atoms with Crippen LogP contribution in [-0.2, 0) is 17.8 Å². The van der Waals surface area contributed by atoms with Gasteiger partial charge in [0.25, 0.3) is 11.8 Å². The van der Waals surface area contributed by atoms with E-state index in [4.69, 9.17) is 0 Å². The molecule has 1 N–H and O–H groups in total. The topological polar surface area (TPSA) is 97.2 Å². The predicted octanol–water partition coefficient (Wildman–Crippen LogP) is 4.33. The Morgan fingerprint density at radius 2 is 1.34 bits per heavy atom. The number of imide groups is 1. The molecule has 1 aliphatic rings. The summed E-state index contributed by atoms with van der Waals surface area (Å²) in [7, 11) is 0. The molecule has 6 rings (SSSR count). The summed E-state index contributed by atoms with van der Waals surface area (Å²) in [6.07, 6.45) is 0.175. The van der Waals surface area contributed by atoms with Gasteiger partial charge in [-0.3, -0.25) is 19.3 Å². The molecular formula is C30H23N5O3. The number of aromatic nitrogens is 3. The number of carbonyl (C=O) groups excluding carboxylic acids is 3. The minimum atomic E-state index is -1.06. The van der Waals surface area contributed by atoms with Crippen molar-refractivity contribution in [3.05, 3.63) is 125 Å². The number of nitrogens with one attached hydrogen (secondary N) is 1. The van der Waals surface area contributed by atoms with E-state index in [1.807, 2.05) is 72.8 Å². The first kappa shape index (κ1) is 23.3. The third-order valence-corrected chi connectivity index (χ3v) is 6.69. The van der Waals surface area contributed by atoms with Crippen molar-refractivity contribution < 1.29 is 14.4 Å². The first-order valence-corrected chi connectivity index (χ1v) is 12.3. The first-order chi connectivity index (χ1) is 18.6. The third kappa shape index (κ3) is 4.22. The van der Waals surface area contributed by atoms with E-state index >= 15 is 0 Å². The van der Waals surface area contributed by atoms with E-state index in [2.05, 4.69) is 15.6 Å². The second-order valence-corrected chi connectivity index (χ2v) is 9.13. The van der Waals surface area contributed by atoms with Crippen molar-refractivity contribution in [1.82, 2.24) is 19.9 Å². The van der Waals surface area contributed by atoms with Crippen molar-refractivity contribution in [3.63, 3.8) is 0 Å². The van der Waals surface area contributed by atoms with E-state index in [9.17, 15) is 14.4 Å². The van der Waals surface area contributed by atoms with Gasteiger partial charge in [-0.2, -0.15) is 0 Å². The highest BCUT2D eigenvalue weighted by molar-refractivity contribution is 6.23. The van der Waals surface area contributed by atoms with Crippen molar-refractivity contribution in [1.29, 1.82) is 0 Å². The van der Waals surface area contributed by atoms with Crippen LogP contribution in [0.15, 0.2) is 103 Å². The lowest BCUT2D eigenvalue weighted by Gasteiger charge is -2.25. The van der Waals surface area contributed by atoms with Crippen LogP contribution in [0, 0.1) is 0 Å². The fourth-order valence-corrected chi connectivity index (χ4v) is 4.81. The van der Waals surface area contributed by atoms with E-state index in [0.29, 0.717) is 28.9 Å². The number of hydrogen-bond acceptors (Lipinski definition) is 5. The van der Waals surface area contributed by atoms with Gasteiger partial charge in [0.2, 0.25) is 5.91 Å². The van der Waals surface area contributed by atoms with Gasteiger partial charge in [0, 0.05) is 6.42 Å². The summed E-state index contributed by atoms with van der Waals surface area (Å²) in [5.74, 6) is -1.43. The number of benzene rings is 4. The van der Waals surface area contributed by atoms with Crippen LogP contribution in [0.1, 0.15) is 31.8 Å². The van der Waals surface area contributed by atoms with E-state index in [1.54, 1.807) is 35.0 Å². The second kappa shape index (κ2) is 9.74. The zero-order valence-electron chi connectivity index (χ0n) is 20.3. The minimum Gasteiger partial charge on any atom is -0.322 e. The van der Waals surface area contributed by atoms with Gasteiger partial charge in [0.1, 0.15) is 11.6 Å². The third-order valence-electron chi connectivity index (χ3n) is 6.69. The molecule has 0 aliphatic carbocycles. The van der Waals surface area contributed by atoms with Crippen LogP contribution >= 0.6 is 0 Å².